The van der Waals surface area contributed by atoms with Crippen molar-refractivity contribution in [3.8, 4) is 0 Å². The highest BCUT2D eigenvalue weighted by molar-refractivity contribution is 5.37. The second kappa shape index (κ2) is 8.88. The van der Waals surface area contributed by atoms with E-state index in [9.17, 15) is 0 Å². The van der Waals surface area contributed by atoms with Crippen LogP contribution in [0.3, 0.4) is 0 Å². The highest BCUT2D eigenvalue weighted by atomic mass is 16.5. The van der Waals surface area contributed by atoms with Gasteiger partial charge in [-0.15, -0.1) is 0 Å². The number of anilines is 1. The van der Waals surface area contributed by atoms with Gasteiger partial charge in [-0.1, -0.05) is 6.92 Å². The maximum Gasteiger partial charge on any atom is 0.126 e. The van der Waals surface area contributed by atoms with Gasteiger partial charge in [0, 0.05) is 39.0 Å². The molecule has 4 heteroatoms. The van der Waals surface area contributed by atoms with Gasteiger partial charge in [0.05, 0.1) is 6.61 Å². The first kappa shape index (κ1) is 15.9. The van der Waals surface area contributed by atoms with Crippen molar-refractivity contribution < 1.29 is 4.74 Å². The first-order valence-corrected chi connectivity index (χ1v) is 7.09. The van der Waals surface area contributed by atoms with Crippen molar-refractivity contribution in [1.82, 2.24) is 9.88 Å². The minimum atomic E-state index is 0.510. The Balaban J connectivity index is 2.62. The first-order valence-electron chi connectivity index (χ1n) is 7.09. The maximum absolute atomic E-state index is 5.17. The molecule has 0 unspecified atom stereocenters. The normalized spacial score (nSPS) is 11.3. The zero-order valence-corrected chi connectivity index (χ0v) is 12.6. The monoisotopic (exact) mass is 265 g/mol. The molecule has 1 aromatic rings. The van der Waals surface area contributed by atoms with Crippen LogP contribution in [0.5, 0.6) is 0 Å². The summed E-state index contributed by atoms with van der Waals surface area (Å²) < 4.78 is 5.17. The molecule has 0 radical (unpaired) electrons. The fourth-order valence-corrected chi connectivity index (χ4v) is 1.89. The van der Waals surface area contributed by atoms with Gasteiger partial charge in [-0.25, -0.2) is 4.98 Å². The molecule has 4 nitrogen and oxygen atoms in total. The lowest BCUT2D eigenvalue weighted by molar-refractivity contribution is 0.125. The fourth-order valence-electron chi connectivity index (χ4n) is 1.89. The summed E-state index contributed by atoms with van der Waals surface area (Å²) in [7, 11) is 1.75. The Kier molecular flexibility index (Phi) is 7.45. The standard InChI is InChI=1S/C15H27N3O/c1-5-7-16-15-11-14(6-8-17-15)12-18(13(2)3)9-10-19-4/h6,8,11,13H,5,7,9-10,12H2,1-4H3,(H,16,17). The molecular weight excluding hydrogens is 238 g/mol. The van der Waals surface area contributed by atoms with Gasteiger partial charge in [0.2, 0.25) is 0 Å². The smallest absolute Gasteiger partial charge is 0.126 e. The van der Waals surface area contributed by atoms with E-state index in [0.717, 1.165) is 38.5 Å². The van der Waals surface area contributed by atoms with Crippen molar-refractivity contribution in [3.63, 3.8) is 0 Å². The molecule has 0 aromatic carbocycles. The van der Waals surface area contributed by atoms with Crippen molar-refractivity contribution >= 4 is 5.82 Å². The molecule has 108 valence electrons. The number of aromatic nitrogens is 1. The Morgan fingerprint density at radius 3 is 2.84 bits per heavy atom. The summed E-state index contributed by atoms with van der Waals surface area (Å²) in [5.41, 5.74) is 1.29. The van der Waals surface area contributed by atoms with E-state index in [1.54, 1.807) is 7.11 Å². The van der Waals surface area contributed by atoms with Crippen molar-refractivity contribution in [1.29, 1.82) is 0 Å². The fraction of sp³-hybridized carbons (Fsp3) is 0.667. The van der Waals surface area contributed by atoms with Crippen molar-refractivity contribution in [3.05, 3.63) is 23.9 Å². The van der Waals surface area contributed by atoms with E-state index < -0.39 is 0 Å². The highest BCUT2D eigenvalue weighted by Crippen LogP contribution is 2.11. The molecule has 0 amide bonds. The Bertz CT molecular complexity index is 355. The number of hydrogen-bond acceptors (Lipinski definition) is 4. The summed E-state index contributed by atoms with van der Waals surface area (Å²) in [5.74, 6) is 0.967. The molecule has 1 heterocycles. The molecular formula is C15H27N3O. The topological polar surface area (TPSA) is 37.4 Å². The zero-order valence-electron chi connectivity index (χ0n) is 12.6. The van der Waals surface area contributed by atoms with Crippen molar-refractivity contribution in [2.24, 2.45) is 0 Å². The van der Waals surface area contributed by atoms with Crippen molar-refractivity contribution in [2.45, 2.75) is 39.8 Å². The molecule has 0 saturated carbocycles. The van der Waals surface area contributed by atoms with Gasteiger partial charge in [0.15, 0.2) is 0 Å². The maximum atomic E-state index is 5.17. The van der Waals surface area contributed by atoms with Gasteiger partial charge < -0.3 is 10.1 Å². The van der Waals surface area contributed by atoms with Crippen LogP contribution in [0.2, 0.25) is 0 Å². The third-order valence-corrected chi connectivity index (χ3v) is 3.08. The SMILES string of the molecule is CCCNc1cc(CN(CCOC)C(C)C)ccn1. The average molecular weight is 265 g/mol. The second-order valence-corrected chi connectivity index (χ2v) is 5.03. The molecule has 0 aliphatic rings. The van der Waals surface area contributed by atoms with Gasteiger partial charge in [0.25, 0.3) is 0 Å². The number of rotatable bonds is 9. The molecule has 0 bridgehead atoms. The summed E-state index contributed by atoms with van der Waals surface area (Å²) in [5, 5.41) is 3.33. The molecule has 1 N–H and O–H groups in total. The molecule has 0 aliphatic heterocycles. The first-order chi connectivity index (χ1) is 9.17. The summed E-state index contributed by atoms with van der Waals surface area (Å²) in [6.45, 7) is 10.2. The molecule has 1 aromatic heterocycles. The van der Waals surface area contributed by atoms with E-state index >= 15 is 0 Å². The average Bonchev–Trinajstić information content (AvgIpc) is 2.41. The predicted octanol–water partition coefficient (Wildman–Crippen LogP) is 2.76. The quantitative estimate of drug-likeness (QED) is 0.745. The number of nitrogens with zero attached hydrogens (tertiary/aromatic N) is 2. The number of ether oxygens (including phenoxy) is 1. The number of nitrogens with one attached hydrogen (secondary N) is 1. The summed E-state index contributed by atoms with van der Waals surface area (Å²) in [4.78, 5) is 6.74. The number of pyridine rings is 1. The zero-order chi connectivity index (χ0) is 14.1. The van der Waals surface area contributed by atoms with Crippen LogP contribution in [0.25, 0.3) is 0 Å². The van der Waals surface area contributed by atoms with Crippen LogP contribution in [0.1, 0.15) is 32.8 Å². The molecule has 19 heavy (non-hydrogen) atoms. The van der Waals surface area contributed by atoms with E-state index in [1.807, 2.05) is 6.20 Å². The summed E-state index contributed by atoms with van der Waals surface area (Å²) >= 11 is 0. The molecule has 1 rings (SSSR count). The van der Waals surface area contributed by atoms with E-state index in [0.29, 0.717) is 6.04 Å². The van der Waals surface area contributed by atoms with Crippen LogP contribution in [-0.4, -0.2) is 42.7 Å². The predicted molar refractivity (Wildman–Crippen MR) is 80.4 cm³/mol. The lowest BCUT2D eigenvalue weighted by Gasteiger charge is -2.26. The third-order valence-electron chi connectivity index (χ3n) is 3.08. The Labute approximate surface area is 117 Å². The lowest BCUT2D eigenvalue weighted by Crippen LogP contribution is -2.33. The van der Waals surface area contributed by atoms with Crippen LogP contribution in [0.15, 0.2) is 18.3 Å². The molecule has 0 aliphatic carbocycles. The minimum absolute atomic E-state index is 0.510. The van der Waals surface area contributed by atoms with Gasteiger partial charge >= 0.3 is 0 Å². The number of hydrogen-bond donors (Lipinski definition) is 1. The second-order valence-electron chi connectivity index (χ2n) is 5.03. The van der Waals surface area contributed by atoms with Gasteiger partial charge in [-0.2, -0.15) is 0 Å². The minimum Gasteiger partial charge on any atom is -0.383 e. The van der Waals surface area contributed by atoms with Crippen molar-refractivity contribution in [2.75, 3.05) is 32.1 Å². The molecule has 0 saturated heterocycles. The van der Waals surface area contributed by atoms with Crippen LogP contribution in [0, 0.1) is 0 Å². The van der Waals surface area contributed by atoms with E-state index in [-0.39, 0.29) is 0 Å². The Hall–Kier alpha value is -1.13. The van der Waals surface area contributed by atoms with Crippen LogP contribution < -0.4 is 5.32 Å². The summed E-state index contributed by atoms with van der Waals surface area (Å²) in [6, 6.07) is 4.73. The Morgan fingerprint density at radius 2 is 2.21 bits per heavy atom. The van der Waals surface area contributed by atoms with Gasteiger partial charge in [-0.3, -0.25) is 4.90 Å². The molecule has 0 fully saturated rings. The highest BCUT2D eigenvalue weighted by Gasteiger charge is 2.10. The summed E-state index contributed by atoms with van der Waals surface area (Å²) in [6.07, 6.45) is 2.99. The number of methoxy groups -OCH3 is 1. The van der Waals surface area contributed by atoms with Crippen LogP contribution in [0.4, 0.5) is 5.82 Å². The van der Waals surface area contributed by atoms with Crippen LogP contribution in [-0.2, 0) is 11.3 Å². The Morgan fingerprint density at radius 1 is 1.42 bits per heavy atom. The van der Waals surface area contributed by atoms with E-state index in [2.05, 4.69) is 48.1 Å². The van der Waals surface area contributed by atoms with Crippen LogP contribution >= 0.6 is 0 Å². The van der Waals surface area contributed by atoms with Gasteiger partial charge in [-0.05, 0) is 38.0 Å². The largest absolute Gasteiger partial charge is 0.383 e. The molecule has 0 atom stereocenters. The van der Waals surface area contributed by atoms with E-state index in [1.165, 1.54) is 5.56 Å². The van der Waals surface area contributed by atoms with E-state index in [4.69, 9.17) is 4.74 Å². The van der Waals surface area contributed by atoms with Gasteiger partial charge in [0.1, 0.15) is 5.82 Å². The lowest BCUT2D eigenvalue weighted by atomic mass is 10.2. The third kappa shape index (κ3) is 6.03. The molecule has 0 spiro atoms.